The van der Waals surface area contributed by atoms with Crippen LogP contribution >= 0.6 is 0 Å². The molecule has 3 rings (SSSR count). The van der Waals surface area contributed by atoms with Crippen molar-refractivity contribution in [2.24, 2.45) is 0 Å². The molecule has 2 aromatic carbocycles. The van der Waals surface area contributed by atoms with E-state index in [0.29, 0.717) is 11.5 Å². The van der Waals surface area contributed by atoms with E-state index < -0.39 is 0 Å². The molecule has 6 heteroatoms. The monoisotopic (exact) mass is 387 g/mol. The maximum absolute atomic E-state index is 6.44. The van der Waals surface area contributed by atoms with Gasteiger partial charge in [0.05, 0.1) is 34.5 Å². The lowest BCUT2D eigenvalue weighted by Crippen LogP contribution is -2.37. The number of rotatable bonds is 9. The highest BCUT2D eigenvalue weighted by Gasteiger charge is 2.22. The summed E-state index contributed by atoms with van der Waals surface area (Å²) in [6.07, 6.45) is 0.603. The number of hydrogen-bond acceptors (Lipinski definition) is 6. The van der Waals surface area contributed by atoms with Crippen molar-refractivity contribution in [1.82, 2.24) is 4.90 Å². The summed E-state index contributed by atoms with van der Waals surface area (Å²) in [5.74, 6) is 2.97. The van der Waals surface area contributed by atoms with Gasteiger partial charge in [0.2, 0.25) is 0 Å². The first kappa shape index (κ1) is 20.3. The Morgan fingerprint density at radius 1 is 0.893 bits per heavy atom. The molecule has 0 amide bonds. The highest BCUT2D eigenvalue weighted by molar-refractivity contribution is 5.44. The Morgan fingerprint density at radius 2 is 1.61 bits per heavy atom. The fraction of sp³-hybridized carbons (Fsp3) is 0.455. The van der Waals surface area contributed by atoms with Gasteiger partial charge in [0, 0.05) is 31.6 Å². The lowest BCUT2D eigenvalue weighted by Gasteiger charge is -2.29. The molecule has 152 valence electrons. The molecule has 0 spiro atoms. The molecule has 1 atom stereocenters. The quantitative estimate of drug-likeness (QED) is 0.656. The van der Waals surface area contributed by atoms with Gasteiger partial charge >= 0.3 is 0 Å². The average Bonchev–Trinajstić information content (AvgIpc) is 2.77. The van der Waals surface area contributed by atoms with Gasteiger partial charge in [-0.1, -0.05) is 12.1 Å². The van der Waals surface area contributed by atoms with Crippen molar-refractivity contribution >= 4 is 0 Å². The van der Waals surface area contributed by atoms with Gasteiger partial charge in [-0.2, -0.15) is 0 Å². The van der Waals surface area contributed by atoms with Crippen LogP contribution in [0.2, 0.25) is 0 Å². The van der Waals surface area contributed by atoms with E-state index in [2.05, 4.69) is 4.90 Å². The predicted octanol–water partition coefficient (Wildman–Crippen LogP) is 3.55. The third kappa shape index (κ3) is 5.09. The third-order valence-electron chi connectivity index (χ3n) is 4.93. The maximum atomic E-state index is 6.44. The smallest absolute Gasteiger partial charge is 0.162 e. The van der Waals surface area contributed by atoms with Crippen molar-refractivity contribution in [3.05, 3.63) is 48.0 Å². The Labute approximate surface area is 166 Å². The standard InChI is InChI=1S/C22H29NO5/c1-24-17-8-9-19(25-2)18(16-17)20(10-11-23-12-14-27-15-13-23)28-22-7-5-4-6-21(22)26-3/h4-9,16,20H,10-15H2,1-3H3. The number of methoxy groups -OCH3 is 3. The summed E-state index contributed by atoms with van der Waals surface area (Å²) in [5, 5.41) is 0. The number of morpholine rings is 1. The number of nitrogens with zero attached hydrogens (tertiary/aromatic N) is 1. The summed E-state index contributed by atoms with van der Waals surface area (Å²) in [6, 6.07) is 13.5. The van der Waals surface area contributed by atoms with Gasteiger partial charge in [-0.05, 0) is 30.3 Å². The van der Waals surface area contributed by atoms with Crippen molar-refractivity contribution in [1.29, 1.82) is 0 Å². The van der Waals surface area contributed by atoms with Crippen LogP contribution in [-0.4, -0.2) is 59.1 Å². The summed E-state index contributed by atoms with van der Waals surface area (Å²) in [6.45, 7) is 4.35. The maximum Gasteiger partial charge on any atom is 0.162 e. The average molecular weight is 387 g/mol. The number of benzene rings is 2. The summed E-state index contributed by atoms with van der Waals surface area (Å²) in [4.78, 5) is 2.40. The predicted molar refractivity (Wildman–Crippen MR) is 108 cm³/mol. The lowest BCUT2D eigenvalue weighted by molar-refractivity contribution is 0.0314. The Balaban J connectivity index is 1.87. The van der Waals surface area contributed by atoms with Crippen LogP contribution in [0.25, 0.3) is 0 Å². The SMILES string of the molecule is COc1ccc(OC)c(C(CCN2CCOCC2)Oc2ccccc2OC)c1. The fourth-order valence-corrected chi connectivity index (χ4v) is 3.36. The molecule has 0 radical (unpaired) electrons. The van der Waals surface area contributed by atoms with E-state index in [4.69, 9.17) is 23.7 Å². The van der Waals surface area contributed by atoms with Crippen LogP contribution < -0.4 is 18.9 Å². The zero-order valence-electron chi connectivity index (χ0n) is 16.8. The number of para-hydroxylation sites is 2. The summed E-state index contributed by atoms with van der Waals surface area (Å²) in [7, 11) is 4.99. The van der Waals surface area contributed by atoms with Crippen molar-refractivity contribution in [3.63, 3.8) is 0 Å². The highest BCUT2D eigenvalue weighted by Crippen LogP contribution is 2.37. The van der Waals surface area contributed by atoms with Crippen LogP contribution in [-0.2, 0) is 4.74 Å². The first-order chi connectivity index (χ1) is 13.7. The zero-order valence-corrected chi connectivity index (χ0v) is 16.8. The van der Waals surface area contributed by atoms with Gasteiger partial charge < -0.3 is 23.7 Å². The summed E-state index contributed by atoms with van der Waals surface area (Å²) < 4.78 is 28.4. The van der Waals surface area contributed by atoms with Crippen LogP contribution in [0.1, 0.15) is 18.1 Å². The molecular weight excluding hydrogens is 358 g/mol. The second-order valence-electron chi connectivity index (χ2n) is 6.61. The first-order valence-electron chi connectivity index (χ1n) is 9.57. The van der Waals surface area contributed by atoms with Crippen molar-refractivity contribution in [2.45, 2.75) is 12.5 Å². The number of ether oxygens (including phenoxy) is 5. The molecule has 0 N–H and O–H groups in total. The molecule has 2 aromatic rings. The van der Waals surface area contributed by atoms with Crippen molar-refractivity contribution in [3.8, 4) is 23.0 Å². The minimum Gasteiger partial charge on any atom is -0.497 e. The van der Waals surface area contributed by atoms with Crippen LogP contribution in [0, 0.1) is 0 Å². The Kier molecular flexibility index (Phi) is 7.39. The third-order valence-corrected chi connectivity index (χ3v) is 4.93. The lowest BCUT2D eigenvalue weighted by atomic mass is 10.0. The molecule has 1 fully saturated rings. The van der Waals surface area contributed by atoms with Crippen molar-refractivity contribution in [2.75, 3.05) is 54.2 Å². The second kappa shape index (κ2) is 10.2. The van der Waals surface area contributed by atoms with E-state index in [1.165, 1.54) is 0 Å². The van der Waals surface area contributed by atoms with Gasteiger partial charge in [0.25, 0.3) is 0 Å². The topological polar surface area (TPSA) is 49.4 Å². The molecule has 1 aliphatic heterocycles. The molecule has 1 unspecified atom stereocenters. The first-order valence-corrected chi connectivity index (χ1v) is 9.57. The molecule has 0 bridgehead atoms. The fourth-order valence-electron chi connectivity index (χ4n) is 3.36. The minimum absolute atomic E-state index is 0.204. The zero-order chi connectivity index (χ0) is 19.8. The van der Waals surface area contributed by atoms with Gasteiger partial charge in [-0.25, -0.2) is 0 Å². The molecule has 6 nitrogen and oxygen atoms in total. The molecular formula is C22H29NO5. The molecule has 1 heterocycles. The van der Waals surface area contributed by atoms with Crippen LogP contribution in [0.4, 0.5) is 0 Å². The Hall–Kier alpha value is -2.44. The van der Waals surface area contributed by atoms with Crippen LogP contribution in [0.3, 0.4) is 0 Å². The molecule has 28 heavy (non-hydrogen) atoms. The summed E-state index contributed by atoms with van der Waals surface area (Å²) >= 11 is 0. The molecule has 1 saturated heterocycles. The van der Waals surface area contributed by atoms with Gasteiger partial charge in [-0.15, -0.1) is 0 Å². The molecule has 0 saturated carbocycles. The van der Waals surface area contributed by atoms with Crippen molar-refractivity contribution < 1.29 is 23.7 Å². The van der Waals surface area contributed by atoms with E-state index in [1.807, 2.05) is 42.5 Å². The molecule has 0 aromatic heterocycles. The Morgan fingerprint density at radius 3 is 2.29 bits per heavy atom. The second-order valence-corrected chi connectivity index (χ2v) is 6.61. The van der Waals surface area contributed by atoms with Gasteiger partial charge in [0.15, 0.2) is 11.5 Å². The van der Waals surface area contributed by atoms with Gasteiger partial charge in [-0.3, -0.25) is 4.90 Å². The normalized spacial score (nSPS) is 15.7. The van der Waals surface area contributed by atoms with E-state index in [1.54, 1.807) is 21.3 Å². The van der Waals surface area contributed by atoms with Gasteiger partial charge in [0.1, 0.15) is 17.6 Å². The molecule has 0 aliphatic carbocycles. The van der Waals surface area contributed by atoms with E-state index in [9.17, 15) is 0 Å². The van der Waals surface area contributed by atoms with Crippen LogP contribution in [0.5, 0.6) is 23.0 Å². The largest absolute Gasteiger partial charge is 0.497 e. The molecule has 1 aliphatic rings. The number of hydrogen-bond donors (Lipinski definition) is 0. The highest BCUT2D eigenvalue weighted by atomic mass is 16.5. The summed E-state index contributed by atoms with van der Waals surface area (Å²) in [5.41, 5.74) is 0.959. The van der Waals surface area contributed by atoms with E-state index in [-0.39, 0.29) is 6.10 Å². The van der Waals surface area contributed by atoms with Crippen LogP contribution in [0.15, 0.2) is 42.5 Å². The Bertz CT molecular complexity index is 745. The van der Waals surface area contributed by atoms with E-state index >= 15 is 0 Å². The van der Waals surface area contributed by atoms with E-state index in [0.717, 1.165) is 56.3 Å². The minimum atomic E-state index is -0.204.